The van der Waals surface area contributed by atoms with E-state index in [-0.39, 0.29) is 23.5 Å². The van der Waals surface area contributed by atoms with Crippen molar-refractivity contribution in [3.8, 4) is 0 Å². The van der Waals surface area contributed by atoms with Gasteiger partial charge in [-0.15, -0.1) is 11.3 Å². The molecule has 10 nitrogen and oxygen atoms in total. The Bertz CT molecular complexity index is 1250. The number of benzene rings is 1. The summed E-state index contributed by atoms with van der Waals surface area (Å²) in [5.41, 5.74) is -0.604. The van der Waals surface area contributed by atoms with Crippen LogP contribution >= 0.6 is 11.3 Å². The van der Waals surface area contributed by atoms with Gasteiger partial charge < -0.3 is 5.32 Å². The number of nitro benzene ring substituents is 1. The molecule has 0 saturated carbocycles. The first kappa shape index (κ1) is 18.7. The summed E-state index contributed by atoms with van der Waals surface area (Å²) in [6.07, 6.45) is 0. The Hall–Kier alpha value is -3.60. The van der Waals surface area contributed by atoms with Gasteiger partial charge in [0.2, 0.25) is 0 Å². The Balaban J connectivity index is 1.67. The van der Waals surface area contributed by atoms with E-state index in [9.17, 15) is 24.5 Å². The summed E-state index contributed by atoms with van der Waals surface area (Å²) in [5, 5.41) is 15.4. The topological polar surface area (TPSA) is 127 Å². The van der Waals surface area contributed by atoms with Gasteiger partial charge in [0.1, 0.15) is 5.54 Å². The van der Waals surface area contributed by atoms with Gasteiger partial charge in [-0.05, 0) is 19.4 Å². The highest BCUT2D eigenvalue weighted by Crippen LogP contribution is 2.31. The zero-order valence-corrected chi connectivity index (χ0v) is 16.2. The fourth-order valence-electron chi connectivity index (χ4n) is 3.31. The molecule has 1 N–H and O–H groups in total. The molecule has 3 aromatic rings. The smallest absolute Gasteiger partial charge is 0.319 e. The van der Waals surface area contributed by atoms with Gasteiger partial charge in [-0.25, -0.2) is 9.78 Å². The summed E-state index contributed by atoms with van der Waals surface area (Å²) < 4.78 is 1.45. The minimum Gasteiger partial charge on any atom is -0.319 e. The average molecular weight is 413 g/mol. The molecule has 148 valence electrons. The van der Waals surface area contributed by atoms with Crippen LogP contribution in [-0.2, 0) is 16.9 Å². The number of aromatic nitrogens is 2. The SMILES string of the molecule is Cc1csc2nc(CN3C(=O)NC(C)(c4cccc([N+](=O)[O-])c4)C3=O)cc(=O)n12. The summed E-state index contributed by atoms with van der Waals surface area (Å²) >= 11 is 1.29. The van der Waals surface area contributed by atoms with Gasteiger partial charge in [0.25, 0.3) is 17.2 Å². The largest absolute Gasteiger partial charge is 0.325 e. The Labute approximate surface area is 167 Å². The maximum Gasteiger partial charge on any atom is 0.325 e. The first-order valence-corrected chi connectivity index (χ1v) is 9.44. The number of hydrogen-bond donors (Lipinski definition) is 1. The molecular formula is C18H15N5O5S. The third-order valence-corrected chi connectivity index (χ3v) is 5.80. The molecule has 1 unspecified atom stereocenters. The van der Waals surface area contributed by atoms with Gasteiger partial charge in [-0.2, -0.15) is 0 Å². The van der Waals surface area contributed by atoms with Crippen molar-refractivity contribution in [1.82, 2.24) is 19.6 Å². The molecule has 3 heterocycles. The molecule has 4 rings (SSSR count). The predicted molar refractivity (Wildman–Crippen MR) is 104 cm³/mol. The molecule has 1 aliphatic heterocycles. The zero-order chi connectivity index (χ0) is 20.9. The van der Waals surface area contributed by atoms with Crippen molar-refractivity contribution in [2.24, 2.45) is 0 Å². The van der Waals surface area contributed by atoms with Crippen LogP contribution in [0.4, 0.5) is 10.5 Å². The standard InChI is InChI=1S/C18H15N5O5S/c1-10-9-29-17-19-12(7-14(24)22(10)17)8-21-15(25)18(2,20-16(21)26)11-4-3-5-13(6-11)23(27)28/h3-7,9H,8H2,1-2H3,(H,20,26). The number of imide groups is 1. The molecule has 1 aliphatic rings. The van der Waals surface area contributed by atoms with Crippen molar-refractivity contribution in [1.29, 1.82) is 0 Å². The van der Waals surface area contributed by atoms with Crippen LogP contribution in [0.5, 0.6) is 0 Å². The number of urea groups is 1. The van der Waals surface area contributed by atoms with Crippen molar-refractivity contribution >= 4 is 33.9 Å². The number of thiazole rings is 1. The number of fused-ring (bicyclic) bond motifs is 1. The molecule has 1 fully saturated rings. The normalized spacial score (nSPS) is 19.0. The van der Waals surface area contributed by atoms with Crippen LogP contribution in [0.15, 0.2) is 40.5 Å². The highest BCUT2D eigenvalue weighted by molar-refractivity contribution is 7.15. The van der Waals surface area contributed by atoms with E-state index in [1.807, 2.05) is 0 Å². The highest BCUT2D eigenvalue weighted by atomic mass is 32.1. The molecule has 0 aliphatic carbocycles. The van der Waals surface area contributed by atoms with Gasteiger partial charge in [0, 0.05) is 29.3 Å². The number of carbonyl (C=O) groups excluding carboxylic acids is 2. The lowest BCUT2D eigenvalue weighted by molar-refractivity contribution is -0.385. The number of rotatable bonds is 4. The van der Waals surface area contributed by atoms with E-state index in [1.54, 1.807) is 18.4 Å². The van der Waals surface area contributed by atoms with E-state index in [4.69, 9.17) is 0 Å². The molecule has 1 saturated heterocycles. The van der Waals surface area contributed by atoms with Crippen LogP contribution in [0, 0.1) is 17.0 Å². The molecule has 1 atom stereocenters. The van der Waals surface area contributed by atoms with Crippen LogP contribution < -0.4 is 10.9 Å². The lowest BCUT2D eigenvalue weighted by Crippen LogP contribution is -2.40. The van der Waals surface area contributed by atoms with E-state index in [0.717, 1.165) is 10.6 Å². The van der Waals surface area contributed by atoms with Gasteiger partial charge in [-0.1, -0.05) is 12.1 Å². The maximum atomic E-state index is 13.0. The van der Waals surface area contributed by atoms with Gasteiger partial charge in [0.15, 0.2) is 4.96 Å². The third-order valence-electron chi connectivity index (χ3n) is 4.86. The second-order valence-electron chi connectivity index (χ2n) is 6.83. The Kier molecular flexibility index (Phi) is 4.19. The first-order chi connectivity index (χ1) is 13.7. The van der Waals surface area contributed by atoms with Crippen molar-refractivity contribution in [2.45, 2.75) is 25.9 Å². The molecule has 1 aromatic carbocycles. The number of nitro groups is 1. The number of carbonyl (C=O) groups is 2. The second kappa shape index (κ2) is 6.48. The van der Waals surface area contributed by atoms with E-state index < -0.39 is 22.4 Å². The van der Waals surface area contributed by atoms with Crippen LogP contribution in [0.3, 0.4) is 0 Å². The molecule has 0 bridgehead atoms. The minimum atomic E-state index is -1.46. The zero-order valence-electron chi connectivity index (χ0n) is 15.4. The summed E-state index contributed by atoms with van der Waals surface area (Å²) in [6.45, 7) is 3.09. The Morgan fingerprint density at radius 2 is 2.03 bits per heavy atom. The second-order valence-corrected chi connectivity index (χ2v) is 7.67. The Morgan fingerprint density at radius 3 is 2.76 bits per heavy atom. The summed E-state index contributed by atoms with van der Waals surface area (Å²) in [5.74, 6) is -0.577. The summed E-state index contributed by atoms with van der Waals surface area (Å²) in [4.78, 5) is 54.1. The fraction of sp³-hybridized carbons (Fsp3) is 0.222. The predicted octanol–water partition coefficient (Wildman–Crippen LogP) is 1.94. The van der Waals surface area contributed by atoms with Crippen LogP contribution in [-0.4, -0.2) is 31.1 Å². The monoisotopic (exact) mass is 413 g/mol. The average Bonchev–Trinajstić information content (AvgIpc) is 3.15. The molecular weight excluding hydrogens is 398 g/mol. The van der Waals surface area contributed by atoms with Gasteiger partial charge in [-0.3, -0.25) is 29.0 Å². The molecule has 11 heteroatoms. The summed E-state index contributed by atoms with van der Waals surface area (Å²) in [6, 6.07) is 6.19. The van der Waals surface area contributed by atoms with E-state index in [2.05, 4.69) is 10.3 Å². The number of aryl methyl sites for hydroxylation is 1. The lowest BCUT2D eigenvalue weighted by Gasteiger charge is -2.22. The van der Waals surface area contributed by atoms with E-state index in [0.29, 0.717) is 10.5 Å². The van der Waals surface area contributed by atoms with E-state index in [1.165, 1.54) is 46.9 Å². The van der Waals surface area contributed by atoms with Gasteiger partial charge >= 0.3 is 6.03 Å². The van der Waals surface area contributed by atoms with Crippen LogP contribution in [0.25, 0.3) is 4.96 Å². The maximum absolute atomic E-state index is 13.0. The highest BCUT2D eigenvalue weighted by Gasteiger charge is 2.49. The minimum absolute atomic E-state index is 0.183. The number of non-ortho nitro benzene ring substituents is 1. The lowest BCUT2D eigenvalue weighted by atomic mass is 9.91. The Morgan fingerprint density at radius 1 is 1.28 bits per heavy atom. The van der Waals surface area contributed by atoms with Crippen molar-refractivity contribution in [2.75, 3.05) is 0 Å². The van der Waals surface area contributed by atoms with Crippen LogP contribution in [0.1, 0.15) is 23.9 Å². The molecule has 0 radical (unpaired) electrons. The summed E-state index contributed by atoms with van der Waals surface area (Å²) in [7, 11) is 0. The van der Waals surface area contributed by atoms with Gasteiger partial charge in [0.05, 0.1) is 17.2 Å². The van der Waals surface area contributed by atoms with Crippen molar-refractivity contribution in [3.63, 3.8) is 0 Å². The molecule has 29 heavy (non-hydrogen) atoms. The first-order valence-electron chi connectivity index (χ1n) is 8.56. The van der Waals surface area contributed by atoms with Crippen molar-refractivity contribution < 1.29 is 14.5 Å². The number of nitrogens with zero attached hydrogens (tertiary/aromatic N) is 4. The fourth-order valence-corrected chi connectivity index (χ4v) is 4.20. The van der Waals surface area contributed by atoms with E-state index >= 15 is 0 Å². The number of hydrogen-bond acceptors (Lipinski definition) is 7. The third kappa shape index (κ3) is 2.95. The van der Waals surface area contributed by atoms with Crippen LogP contribution in [0.2, 0.25) is 0 Å². The molecule has 2 aromatic heterocycles. The number of nitrogens with one attached hydrogen (secondary N) is 1. The molecule has 3 amide bonds. The number of amides is 3. The van der Waals surface area contributed by atoms with Crippen molar-refractivity contribution in [3.05, 3.63) is 73.1 Å². The molecule has 0 spiro atoms. The quantitative estimate of drug-likeness (QED) is 0.396.